The molecule has 0 aliphatic heterocycles. The van der Waals surface area contributed by atoms with Crippen molar-refractivity contribution >= 4 is 5.71 Å². The minimum Gasteiger partial charge on any atom is -0.394 e. The summed E-state index contributed by atoms with van der Waals surface area (Å²) in [5.41, 5.74) is 7.20. The van der Waals surface area contributed by atoms with E-state index in [2.05, 4.69) is 5.16 Å². The molecule has 0 saturated carbocycles. The van der Waals surface area contributed by atoms with Gasteiger partial charge in [-0.1, -0.05) is 35.5 Å². The zero-order valence-electron chi connectivity index (χ0n) is 7.73. The molecule has 13 heavy (non-hydrogen) atoms. The van der Waals surface area contributed by atoms with Crippen LogP contribution in [0.25, 0.3) is 0 Å². The molecule has 0 aromatic heterocycles. The van der Waals surface area contributed by atoms with Crippen LogP contribution in [-0.2, 0) is 4.84 Å². The maximum atomic E-state index is 5.26. The Balaban J connectivity index is 2.57. The lowest BCUT2D eigenvalue weighted by atomic mass is 10.1. The summed E-state index contributed by atoms with van der Waals surface area (Å²) in [4.78, 5) is 4.96. The first-order valence-electron chi connectivity index (χ1n) is 4.26. The molecule has 0 fully saturated rings. The second kappa shape index (κ2) is 5.32. The standard InChI is InChI=1S/C10H14N2O/c1-9(12-13-8-7-11)10-5-3-2-4-6-10/h2-6H,7-8,11H2,1H3/b12-9+. The maximum absolute atomic E-state index is 5.26. The quantitative estimate of drug-likeness (QED) is 0.430. The van der Waals surface area contributed by atoms with Gasteiger partial charge in [-0.2, -0.15) is 0 Å². The lowest BCUT2D eigenvalue weighted by molar-refractivity contribution is 0.152. The molecular weight excluding hydrogens is 164 g/mol. The Hall–Kier alpha value is -1.35. The minimum atomic E-state index is 0.462. The first-order chi connectivity index (χ1) is 6.34. The summed E-state index contributed by atoms with van der Waals surface area (Å²) in [6, 6.07) is 9.89. The first kappa shape index (κ1) is 9.74. The summed E-state index contributed by atoms with van der Waals surface area (Å²) >= 11 is 0. The Morgan fingerprint density at radius 1 is 1.38 bits per heavy atom. The highest BCUT2D eigenvalue weighted by atomic mass is 16.6. The van der Waals surface area contributed by atoms with Crippen LogP contribution in [0.1, 0.15) is 12.5 Å². The number of nitrogens with two attached hydrogens (primary N) is 1. The Morgan fingerprint density at radius 2 is 2.08 bits per heavy atom. The Kier molecular flexibility index (Phi) is 3.99. The summed E-state index contributed by atoms with van der Waals surface area (Å²) in [7, 11) is 0. The number of benzene rings is 1. The van der Waals surface area contributed by atoms with Crippen LogP contribution in [0.4, 0.5) is 0 Å². The maximum Gasteiger partial charge on any atom is 0.129 e. The van der Waals surface area contributed by atoms with Crippen molar-refractivity contribution < 1.29 is 4.84 Å². The monoisotopic (exact) mass is 178 g/mol. The van der Waals surface area contributed by atoms with Gasteiger partial charge in [-0.3, -0.25) is 0 Å². The highest BCUT2D eigenvalue weighted by Gasteiger charge is 1.94. The molecule has 0 radical (unpaired) electrons. The highest BCUT2D eigenvalue weighted by Crippen LogP contribution is 2.00. The molecule has 3 heteroatoms. The Morgan fingerprint density at radius 3 is 2.69 bits per heavy atom. The number of nitrogens with zero attached hydrogens (tertiary/aromatic N) is 1. The predicted molar refractivity (Wildman–Crippen MR) is 53.7 cm³/mol. The fourth-order valence-electron chi connectivity index (χ4n) is 0.927. The molecule has 3 nitrogen and oxygen atoms in total. The van der Waals surface area contributed by atoms with E-state index in [1.807, 2.05) is 37.3 Å². The van der Waals surface area contributed by atoms with Crippen molar-refractivity contribution in [2.45, 2.75) is 6.92 Å². The molecule has 0 unspecified atom stereocenters. The number of oxime groups is 1. The molecule has 0 saturated heterocycles. The van der Waals surface area contributed by atoms with Gasteiger partial charge in [0.1, 0.15) is 6.61 Å². The van der Waals surface area contributed by atoms with Gasteiger partial charge in [0.2, 0.25) is 0 Å². The van der Waals surface area contributed by atoms with Crippen LogP contribution >= 0.6 is 0 Å². The molecule has 0 aliphatic carbocycles. The minimum absolute atomic E-state index is 0.462. The predicted octanol–water partition coefficient (Wildman–Crippen LogP) is 1.39. The van der Waals surface area contributed by atoms with E-state index < -0.39 is 0 Å². The van der Waals surface area contributed by atoms with Gasteiger partial charge in [0.15, 0.2) is 0 Å². The smallest absolute Gasteiger partial charge is 0.129 e. The van der Waals surface area contributed by atoms with E-state index in [1.165, 1.54) is 0 Å². The zero-order valence-corrected chi connectivity index (χ0v) is 7.73. The molecule has 0 spiro atoms. The third kappa shape index (κ3) is 3.25. The second-order valence-corrected chi connectivity index (χ2v) is 2.66. The lowest BCUT2D eigenvalue weighted by Crippen LogP contribution is -2.06. The van der Waals surface area contributed by atoms with E-state index in [0.29, 0.717) is 13.2 Å². The van der Waals surface area contributed by atoms with Crippen LogP contribution in [-0.4, -0.2) is 18.9 Å². The number of hydrogen-bond donors (Lipinski definition) is 1. The SMILES string of the molecule is C/C(=N\OCCN)c1ccccc1. The molecule has 0 bridgehead atoms. The van der Waals surface area contributed by atoms with Gasteiger partial charge in [0.25, 0.3) is 0 Å². The van der Waals surface area contributed by atoms with Crippen LogP contribution in [0.5, 0.6) is 0 Å². The third-order valence-electron chi connectivity index (χ3n) is 1.60. The van der Waals surface area contributed by atoms with Gasteiger partial charge in [-0.25, -0.2) is 0 Å². The van der Waals surface area contributed by atoms with E-state index >= 15 is 0 Å². The molecule has 1 rings (SSSR count). The Bertz CT molecular complexity index is 270. The van der Waals surface area contributed by atoms with E-state index in [1.54, 1.807) is 0 Å². The summed E-state index contributed by atoms with van der Waals surface area (Å²) in [5, 5.41) is 3.92. The summed E-state index contributed by atoms with van der Waals surface area (Å²) in [6.45, 7) is 2.86. The second-order valence-electron chi connectivity index (χ2n) is 2.66. The lowest BCUT2D eigenvalue weighted by Gasteiger charge is -2.00. The van der Waals surface area contributed by atoms with E-state index in [4.69, 9.17) is 10.6 Å². The van der Waals surface area contributed by atoms with Crippen molar-refractivity contribution in [2.75, 3.05) is 13.2 Å². The van der Waals surface area contributed by atoms with E-state index in [-0.39, 0.29) is 0 Å². The topological polar surface area (TPSA) is 47.6 Å². The molecule has 0 aliphatic rings. The number of rotatable bonds is 4. The van der Waals surface area contributed by atoms with Gasteiger partial charge >= 0.3 is 0 Å². The van der Waals surface area contributed by atoms with E-state index in [0.717, 1.165) is 11.3 Å². The molecule has 70 valence electrons. The average Bonchev–Trinajstić information content (AvgIpc) is 2.19. The molecule has 2 N–H and O–H groups in total. The zero-order chi connectivity index (χ0) is 9.52. The van der Waals surface area contributed by atoms with Crippen LogP contribution in [0.3, 0.4) is 0 Å². The van der Waals surface area contributed by atoms with Gasteiger partial charge in [0, 0.05) is 6.54 Å². The molecular formula is C10H14N2O. The van der Waals surface area contributed by atoms with Crippen LogP contribution in [0.15, 0.2) is 35.5 Å². The van der Waals surface area contributed by atoms with Crippen LogP contribution in [0.2, 0.25) is 0 Å². The molecule has 0 atom stereocenters. The normalized spacial score (nSPS) is 11.4. The highest BCUT2D eigenvalue weighted by molar-refractivity contribution is 5.98. The fourth-order valence-corrected chi connectivity index (χ4v) is 0.927. The van der Waals surface area contributed by atoms with Crippen molar-refractivity contribution in [3.8, 4) is 0 Å². The fraction of sp³-hybridized carbons (Fsp3) is 0.300. The van der Waals surface area contributed by atoms with Gasteiger partial charge < -0.3 is 10.6 Å². The molecule has 0 amide bonds. The first-order valence-corrected chi connectivity index (χ1v) is 4.26. The van der Waals surface area contributed by atoms with Crippen molar-refractivity contribution in [1.29, 1.82) is 0 Å². The van der Waals surface area contributed by atoms with Gasteiger partial charge in [-0.05, 0) is 12.5 Å². The molecule has 0 heterocycles. The summed E-state index contributed by atoms with van der Waals surface area (Å²) in [5.74, 6) is 0. The van der Waals surface area contributed by atoms with E-state index in [9.17, 15) is 0 Å². The average molecular weight is 178 g/mol. The summed E-state index contributed by atoms with van der Waals surface area (Å²) in [6.07, 6.45) is 0. The van der Waals surface area contributed by atoms with Crippen molar-refractivity contribution in [3.05, 3.63) is 35.9 Å². The van der Waals surface area contributed by atoms with Crippen LogP contribution in [0, 0.1) is 0 Å². The van der Waals surface area contributed by atoms with Crippen molar-refractivity contribution in [1.82, 2.24) is 0 Å². The van der Waals surface area contributed by atoms with Gasteiger partial charge in [0.05, 0.1) is 5.71 Å². The molecule has 1 aromatic carbocycles. The van der Waals surface area contributed by atoms with Crippen molar-refractivity contribution in [3.63, 3.8) is 0 Å². The van der Waals surface area contributed by atoms with Gasteiger partial charge in [-0.15, -0.1) is 0 Å². The number of hydrogen-bond acceptors (Lipinski definition) is 3. The molecule has 1 aromatic rings. The third-order valence-corrected chi connectivity index (χ3v) is 1.60. The summed E-state index contributed by atoms with van der Waals surface area (Å²) < 4.78 is 0. The van der Waals surface area contributed by atoms with Crippen molar-refractivity contribution in [2.24, 2.45) is 10.9 Å². The Labute approximate surface area is 78.2 Å². The largest absolute Gasteiger partial charge is 0.394 e. The van der Waals surface area contributed by atoms with Crippen LogP contribution < -0.4 is 5.73 Å².